The molecule has 0 aromatic heterocycles. The summed E-state index contributed by atoms with van der Waals surface area (Å²) in [5.74, 6) is 0. The van der Waals surface area contributed by atoms with E-state index in [9.17, 15) is 0 Å². The fourth-order valence-corrected chi connectivity index (χ4v) is 0.687. The third kappa shape index (κ3) is 4.13. The van der Waals surface area contributed by atoms with Gasteiger partial charge in [-0.25, -0.2) is 0 Å². The molecule has 1 aliphatic heterocycles. The van der Waals surface area contributed by atoms with E-state index in [4.69, 9.17) is 4.74 Å². The first-order valence-corrected chi connectivity index (χ1v) is 2.58. The summed E-state index contributed by atoms with van der Waals surface area (Å²) in [6.45, 7) is 2.00. The smallest absolute Gasteiger partial charge is 0.0466 e. The zero-order valence-corrected chi connectivity index (χ0v) is 3.94. The van der Waals surface area contributed by atoms with Gasteiger partial charge in [-0.15, -0.1) is 0 Å². The van der Waals surface area contributed by atoms with E-state index in [1.165, 1.54) is 19.3 Å². The van der Waals surface area contributed by atoms with Gasteiger partial charge in [0.2, 0.25) is 0 Å². The zero-order valence-electron chi connectivity index (χ0n) is 3.94. The van der Waals surface area contributed by atoms with Crippen molar-refractivity contribution < 1.29 is 4.74 Å². The Morgan fingerprint density at radius 1 is 0.750 bits per heavy atom. The van der Waals surface area contributed by atoms with Crippen molar-refractivity contribution in [1.29, 1.82) is 0 Å². The maximum absolute atomic E-state index is 5.07. The molecular formula is C7H18O. The Balaban J connectivity index is 0. The van der Waals surface area contributed by atoms with E-state index in [1.807, 2.05) is 0 Å². The lowest BCUT2D eigenvalue weighted by Gasteiger charge is -2.08. The molecule has 0 saturated carbocycles. The van der Waals surface area contributed by atoms with Crippen LogP contribution >= 0.6 is 0 Å². The summed E-state index contributed by atoms with van der Waals surface area (Å²) in [6.07, 6.45) is 3.93. The number of rotatable bonds is 0. The highest BCUT2D eigenvalue weighted by molar-refractivity contribution is 4.45. The first-order chi connectivity index (χ1) is 3.00. The predicted octanol–water partition coefficient (Wildman–Crippen LogP) is 2.46. The van der Waals surface area contributed by atoms with Crippen molar-refractivity contribution in [2.75, 3.05) is 13.2 Å². The van der Waals surface area contributed by atoms with Crippen molar-refractivity contribution >= 4 is 0 Å². The highest BCUT2D eigenvalue weighted by Crippen LogP contribution is 2.01. The maximum atomic E-state index is 5.07. The van der Waals surface area contributed by atoms with Crippen molar-refractivity contribution in [1.82, 2.24) is 0 Å². The summed E-state index contributed by atoms with van der Waals surface area (Å²) in [7, 11) is 0. The monoisotopic (exact) mass is 118 g/mol. The summed E-state index contributed by atoms with van der Waals surface area (Å²) < 4.78 is 5.07. The fraction of sp³-hybridized carbons (Fsp3) is 1.00. The van der Waals surface area contributed by atoms with Crippen LogP contribution in [-0.4, -0.2) is 13.2 Å². The van der Waals surface area contributed by atoms with Gasteiger partial charge in [-0.05, 0) is 19.3 Å². The molecule has 0 aromatic carbocycles. The molecule has 0 atom stereocenters. The standard InChI is InChI=1S/C5H10O.2CH4/c1-2-4-6-5-3-1;;/h1-5H2;2*1H4. The third-order valence-electron chi connectivity index (χ3n) is 1.08. The Labute approximate surface area is 53.0 Å². The molecule has 0 radical (unpaired) electrons. The van der Waals surface area contributed by atoms with Gasteiger partial charge in [-0.3, -0.25) is 0 Å². The van der Waals surface area contributed by atoms with Crippen LogP contribution in [0.2, 0.25) is 0 Å². The molecule has 1 fully saturated rings. The van der Waals surface area contributed by atoms with E-state index in [-0.39, 0.29) is 14.9 Å². The van der Waals surface area contributed by atoms with Crippen molar-refractivity contribution in [3.05, 3.63) is 0 Å². The van der Waals surface area contributed by atoms with Crippen LogP contribution in [0.3, 0.4) is 0 Å². The van der Waals surface area contributed by atoms with Gasteiger partial charge in [-0.1, -0.05) is 14.9 Å². The molecule has 1 heteroatoms. The molecule has 0 N–H and O–H groups in total. The van der Waals surface area contributed by atoms with Crippen LogP contribution in [0, 0.1) is 0 Å². The van der Waals surface area contributed by atoms with Gasteiger partial charge in [0, 0.05) is 13.2 Å². The number of hydrogen-bond donors (Lipinski definition) is 0. The Hall–Kier alpha value is -0.0400. The Morgan fingerprint density at radius 3 is 1.38 bits per heavy atom. The summed E-state index contributed by atoms with van der Waals surface area (Å²) in [6, 6.07) is 0. The molecule has 1 rings (SSSR count). The number of hydrogen-bond acceptors (Lipinski definition) is 1. The van der Waals surface area contributed by atoms with Crippen LogP contribution in [0.4, 0.5) is 0 Å². The van der Waals surface area contributed by atoms with Gasteiger partial charge in [0.05, 0.1) is 0 Å². The van der Waals surface area contributed by atoms with Gasteiger partial charge < -0.3 is 4.74 Å². The van der Waals surface area contributed by atoms with Gasteiger partial charge in [0.25, 0.3) is 0 Å². The molecule has 8 heavy (non-hydrogen) atoms. The van der Waals surface area contributed by atoms with E-state index in [2.05, 4.69) is 0 Å². The van der Waals surface area contributed by atoms with Gasteiger partial charge in [0.1, 0.15) is 0 Å². The second-order valence-electron chi connectivity index (χ2n) is 1.67. The third-order valence-corrected chi connectivity index (χ3v) is 1.08. The molecular weight excluding hydrogens is 100 g/mol. The average Bonchev–Trinajstić information content (AvgIpc) is 1.72. The van der Waals surface area contributed by atoms with E-state index < -0.39 is 0 Å². The summed E-state index contributed by atoms with van der Waals surface area (Å²) in [4.78, 5) is 0. The summed E-state index contributed by atoms with van der Waals surface area (Å²) >= 11 is 0. The lowest BCUT2D eigenvalue weighted by atomic mass is 10.2. The minimum Gasteiger partial charge on any atom is -0.381 e. The van der Waals surface area contributed by atoms with Crippen LogP contribution in [0.15, 0.2) is 0 Å². The SMILES string of the molecule is C.C.C1CCOCC1. The average molecular weight is 118 g/mol. The highest BCUT2D eigenvalue weighted by Gasteiger charge is 1.94. The van der Waals surface area contributed by atoms with Crippen molar-refractivity contribution in [2.24, 2.45) is 0 Å². The fourth-order valence-electron chi connectivity index (χ4n) is 0.687. The first-order valence-electron chi connectivity index (χ1n) is 2.58. The van der Waals surface area contributed by atoms with E-state index in [0.29, 0.717) is 0 Å². The maximum Gasteiger partial charge on any atom is 0.0466 e. The largest absolute Gasteiger partial charge is 0.381 e. The first kappa shape index (κ1) is 10.9. The molecule has 1 aliphatic rings. The van der Waals surface area contributed by atoms with Crippen LogP contribution in [-0.2, 0) is 4.74 Å². The second kappa shape index (κ2) is 6.96. The molecule has 0 aliphatic carbocycles. The minimum absolute atomic E-state index is 0. The van der Waals surface area contributed by atoms with Crippen molar-refractivity contribution in [2.45, 2.75) is 34.1 Å². The van der Waals surface area contributed by atoms with Crippen LogP contribution in [0.1, 0.15) is 34.1 Å². The van der Waals surface area contributed by atoms with Crippen LogP contribution in [0.5, 0.6) is 0 Å². The van der Waals surface area contributed by atoms with E-state index >= 15 is 0 Å². The summed E-state index contributed by atoms with van der Waals surface area (Å²) in [5, 5.41) is 0. The molecule has 1 nitrogen and oxygen atoms in total. The molecule has 0 amide bonds. The van der Waals surface area contributed by atoms with E-state index in [0.717, 1.165) is 13.2 Å². The van der Waals surface area contributed by atoms with Gasteiger partial charge in [0.15, 0.2) is 0 Å². The molecule has 0 unspecified atom stereocenters. The normalized spacial score (nSPS) is 18.0. The Kier molecular flexibility index (Phi) is 9.44. The van der Waals surface area contributed by atoms with Gasteiger partial charge >= 0.3 is 0 Å². The highest BCUT2D eigenvalue weighted by atomic mass is 16.5. The van der Waals surface area contributed by atoms with Gasteiger partial charge in [-0.2, -0.15) is 0 Å². The van der Waals surface area contributed by atoms with E-state index in [1.54, 1.807) is 0 Å². The molecule has 0 aromatic rings. The van der Waals surface area contributed by atoms with Crippen LogP contribution < -0.4 is 0 Å². The molecule has 0 spiro atoms. The zero-order chi connectivity index (χ0) is 4.24. The van der Waals surface area contributed by atoms with Crippen LogP contribution in [0.25, 0.3) is 0 Å². The quantitative estimate of drug-likeness (QED) is 0.474. The lowest BCUT2D eigenvalue weighted by Crippen LogP contribution is -2.03. The molecule has 0 bridgehead atoms. The lowest BCUT2D eigenvalue weighted by molar-refractivity contribution is 0.0968. The molecule has 1 saturated heterocycles. The Bertz CT molecular complexity index is 19.9. The van der Waals surface area contributed by atoms with Crippen molar-refractivity contribution in [3.63, 3.8) is 0 Å². The second-order valence-corrected chi connectivity index (χ2v) is 1.67. The minimum atomic E-state index is 0. The number of ether oxygens (including phenoxy) is 1. The molecule has 1 heterocycles. The topological polar surface area (TPSA) is 9.23 Å². The van der Waals surface area contributed by atoms with Crippen molar-refractivity contribution in [3.8, 4) is 0 Å². The predicted molar refractivity (Wildman–Crippen MR) is 38.1 cm³/mol. The molecule has 52 valence electrons. The summed E-state index contributed by atoms with van der Waals surface area (Å²) in [5.41, 5.74) is 0. The Morgan fingerprint density at radius 2 is 1.25 bits per heavy atom.